The molecule has 0 aliphatic heterocycles. The van der Waals surface area contributed by atoms with Crippen LogP contribution in [-0.2, 0) is 0 Å². The molecule has 1 unspecified atom stereocenters. The zero-order valence-corrected chi connectivity index (χ0v) is 10.7. The maximum Gasteiger partial charge on any atom is 0.128 e. The van der Waals surface area contributed by atoms with Gasteiger partial charge in [-0.2, -0.15) is 0 Å². The predicted molar refractivity (Wildman–Crippen MR) is 64.1 cm³/mol. The van der Waals surface area contributed by atoms with Gasteiger partial charge in [-0.3, -0.25) is 4.90 Å². The Morgan fingerprint density at radius 3 is 2.38 bits per heavy atom. The van der Waals surface area contributed by atoms with Crippen molar-refractivity contribution in [2.75, 3.05) is 14.1 Å². The summed E-state index contributed by atoms with van der Waals surface area (Å²) in [5.74, 6) is -0.356. The summed E-state index contributed by atoms with van der Waals surface area (Å²) in [6, 6.07) is 3.93. The summed E-state index contributed by atoms with van der Waals surface area (Å²) in [6.45, 7) is 3.30. The first-order valence-corrected chi connectivity index (χ1v) is 5.45. The fraction of sp³-hybridized carbons (Fsp3) is 0.500. The van der Waals surface area contributed by atoms with E-state index in [2.05, 4.69) is 0 Å². The van der Waals surface area contributed by atoms with Crippen LogP contribution in [0.1, 0.15) is 25.5 Å². The van der Waals surface area contributed by atoms with Gasteiger partial charge >= 0.3 is 0 Å². The van der Waals surface area contributed by atoms with Gasteiger partial charge < -0.3 is 5.11 Å². The third-order valence-electron chi connectivity index (χ3n) is 2.44. The lowest BCUT2D eigenvalue weighted by Gasteiger charge is -2.35. The molecular weight excluding hydrogens is 229 g/mol. The standard InChI is InChI=1S/C12H17ClFNO/c1-12(2,16)11(15(3)4)9-7-8(13)5-6-10(9)14/h5-7,11,16H,1-4H3. The van der Waals surface area contributed by atoms with Gasteiger partial charge in [0.15, 0.2) is 0 Å². The summed E-state index contributed by atoms with van der Waals surface area (Å²) >= 11 is 5.85. The van der Waals surface area contributed by atoms with Crippen LogP contribution in [0, 0.1) is 5.82 Å². The lowest BCUT2D eigenvalue weighted by Crippen LogP contribution is -2.39. The van der Waals surface area contributed by atoms with E-state index in [9.17, 15) is 9.50 Å². The van der Waals surface area contributed by atoms with Crippen LogP contribution in [0.25, 0.3) is 0 Å². The summed E-state index contributed by atoms with van der Waals surface area (Å²) in [7, 11) is 3.59. The van der Waals surface area contributed by atoms with E-state index in [0.717, 1.165) is 0 Å². The predicted octanol–water partition coefficient (Wildman–Crippen LogP) is 2.85. The molecule has 0 saturated carbocycles. The molecule has 0 spiro atoms. The highest BCUT2D eigenvalue weighted by Gasteiger charge is 2.32. The smallest absolute Gasteiger partial charge is 0.128 e. The summed E-state index contributed by atoms with van der Waals surface area (Å²) in [5.41, 5.74) is -0.639. The molecule has 16 heavy (non-hydrogen) atoms. The van der Waals surface area contributed by atoms with Crippen LogP contribution in [0.2, 0.25) is 5.02 Å². The minimum absolute atomic E-state index is 0.356. The van der Waals surface area contributed by atoms with E-state index < -0.39 is 11.6 Å². The Morgan fingerprint density at radius 2 is 1.94 bits per heavy atom. The van der Waals surface area contributed by atoms with Gasteiger partial charge in [0.25, 0.3) is 0 Å². The molecule has 0 amide bonds. The van der Waals surface area contributed by atoms with Crippen LogP contribution >= 0.6 is 11.6 Å². The molecule has 0 radical (unpaired) electrons. The average Bonchev–Trinajstić information content (AvgIpc) is 2.08. The molecule has 90 valence electrons. The van der Waals surface area contributed by atoms with Gasteiger partial charge in [-0.05, 0) is 46.1 Å². The van der Waals surface area contributed by atoms with Crippen LogP contribution in [0.5, 0.6) is 0 Å². The van der Waals surface area contributed by atoms with Crippen LogP contribution in [-0.4, -0.2) is 29.7 Å². The number of rotatable bonds is 3. The van der Waals surface area contributed by atoms with Crippen molar-refractivity contribution in [2.45, 2.75) is 25.5 Å². The minimum Gasteiger partial charge on any atom is -0.388 e. The number of halogens is 2. The lowest BCUT2D eigenvalue weighted by molar-refractivity contribution is -0.00464. The molecule has 2 nitrogen and oxygen atoms in total. The van der Waals surface area contributed by atoms with E-state index in [1.54, 1.807) is 38.9 Å². The molecule has 0 fully saturated rings. The van der Waals surface area contributed by atoms with Gasteiger partial charge in [-0.15, -0.1) is 0 Å². The highest BCUT2D eigenvalue weighted by Crippen LogP contribution is 2.32. The fourth-order valence-electron chi connectivity index (χ4n) is 2.01. The molecule has 0 aliphatic rings. The van der Waals surface area contributed by atoms with Crippen LogP contribution < -0.4 is 0 Å². The van der Waals surface area contributed by atoms with E-state index in [1.807, 2.05) is 0 Å². The van der Waals surface area contributed by atoms with Crippen LogP contribution in [0.3, 0.4) is 0 Å². The minimum atomic E-state index is -1.05. The SMILES string of the molecule is CN(C)C(c1cc(Cl)ccc1F)C(C)(C)O. The topological polar surface area (TPSA) is 23.5 Å². The number of aliphatic hydroxyl groups is 1. The maximum atomic E-state index is 13.7. The zero-order chi connectivity index (χ0) is 12.5. The van der Waals surface area contributed by atoms with Crippen molar-refractivity contribution in [2.24, 2.45) is 0 Å². The number of likely N-dealkylation sites (N-methyl/N-ethyl adjacent to an activating group) is 1. The lowest BCUT2D eigenvalue weighted by atomic mass is 9.90. The van der Waals surface area contributed by atoms with Crippen molar-refractivity contribution in [3.63, 3.8) is 0 Å². The molecule has 1 atom stereocenters. The summed E-state index contributed by atoms with van der Waals surface area (Å²) in [6.07, 6.45) is 0. The van der Waals surface area contributed by atoms with Gasteiger partial charge in [-0.1, -0.05) is 11.6 Å². The van der Waals surface area contributed by atoms with Crippen LogP contribution in [0.15, 0.2) is 18.2 Å². The normalized spacial score (nSPS) is 14.2. The molecule has 0 saturated heterocycles. The molecule has 4 heteroatoms. The molecule has 0 aliphatic carbocycles. The van der Waals surface area contributed by atoms with Crippen molar-refractivity contribution in [1.29, 1.82) is 0 Å². The van der Waals surface area contributed by atoms with Gasteiger partial charge in [0.1, 0.15) is 5.82 Å². The molecule has 0 heterocycles. The van der Waals surface area contributed by atoms with E-state index >= 15 is 0 Å². The second-order valence-electron chi connectivity index (χ2n) is 4.69. The number of hydrogen-bond acceptors (Lipinski definition) is 2. The highest BCUT2D eigenvalue weighted by atomic mass is 35.5. The summed E-state index contributed by atoms with van der Waals surface area (Å²) in [5, 5.41) is 10.5. The van der Waals surface area contributed by atoms with Crippen molar-refractivity contribution in [1.82, 2.24) is 4.90 Å². The van der Waals surface area contributed by atoms with Crippen molar-refractivity contribution >= 4 is 11.6 Å². The Balaban J connectivity index is 3.26. The second kappa shape index (κ2) is 4.70. The third-order valence-corrected chi connectivity index (χ3v) is 2.67. The molecule has 1 rings (SSSR count). The van der Waals surface area contributed by atoms with Gasteiger partial charge in [-0.25, -0.2) is 4.39 Å². The average molecular weight is 246 g/mol. The Bertz CT molecular complexity index is 374. The van der Waals surface area contributed by atoms with E-state index in [0.29, 0.717) is 10.6 Å². The van der Waals surface area contributed by atoms with E-state index in [4.69, 9.17) is 11.6 Å². The Kier molecular flexibility index (Phi) is 3.94. The number of nitrogens with zero attached hydrogens (tertiary/aromatic N) is 1. The Morgan fingerprint density at radius 1 is 1.38 bits per heavy atom. The number of benzene rings is 1. The quantitative estimate of drug-likeness (QED) is 0.885. The Hall–Kier alpha value is -0.640. The first kappa shape index (κ1) is 13.4. The summed E-state index contributed by atoms with van der Waals surface area (Å²) in [4.78, 5) is 1.77. The summed E-state index contributed by atoms with van der Waals surface area (Å²) < 4.78 is 13.7. The first-order valence-electron chi connectivity index (χ1n) is 5.07. The molecule has 0 aromatic heterocycles. The highest BCUT2D eigenvalue weighted by molar-refractivity contribution is 6.30. The second-order valence-corrected chi connectivity index (χ2v) is 5.12. The fourth-order valence-corrected chi connectivity index (χ4v) is 2.20. The van der Waals surface area contributed by atoms with Gasteiger partial charge in [0.05, 0.1) is 11.6 Å². The third kappa shape index (κ3) is 2.94. The van der Waals surface area contributed by atoms with E-state index in [-0.39, 0.29) is 5.82 Å². The molecule has 1 aromatic rings. The van der Waals surface area contributed by atoms with Crippen molar-refractivity contribution < 1.29 is 9.50 Å². The maximum absolute atomic E-state index is 13.7. The Labute approximate surface area is 101 Å². The van der Waals surface area contributed by atoms with Gasteiger partial charge in [0.2, 0.25) is 0 Å². The van der Waals surface area contributed by atoms with Gasteiger partial charge in [0, 0.05) is 10.6 Å². The molecule has 1 N–H and O–H groups in total. The van der Waals surface area contributed by atoms with Crippen LogP contribution in [0.4, 0.5) is 4.39 Å². The molecule has 1 aromatic carbocycles. The molecule has 0 bridgehead atoms. The van der Waals surface area contributed by atoms with Crippen molar-refractivity contribution in [3.8, 4) is 0 Å². The van der Waals surface area contributed by atoms with E-state index in [1.165, 1.54) is 12.1 Å². The number of hydrogen-bond donors (Lipinski definition) is 1. The monoisotopic (exact) mass is 245 g/mol. The largest absolute Gasteiger partial charge is 0.388 e. The zero-order valence-electron chi connectivity index (χ0n) is 9.96. The van der Waals surface area contributed by atoms with Crippen molar-refractivity contribution in [3.05, 3.63) is 34.6 Å². The molecular formula is C12H17ClFNO. The first-order chi connectivity index (χ1) is 7.23.